The van der Waals surface area contributed by atoms with Gasteiger partial charge in [-0.25, -0.2) is 0 Å². The molecule has 6 nitrogen and oxygen atoms in total. The van der Waals surface area contributed by atoms with Crippen LogP contribution in [0.2, 0.25) is 0 Å². The molecule has 1 fully saturated rings. The van der Waals surface area contributed by atoms with Crippen molar-refractivity contribution in [1.82, 2.24) is 5.32 Å². The number of furan rings is 1. The highest BCUT2D eigenvalue weighted by Crippen LogP contribution is 2.22. The second kappa shape index (κ2) is 5.88. The number of hydrogen-bond donors (Lipinski definition) is 1. The highest BCUT2D eigenvalue weighted by Gasteiger charge is 2.31. The molecule has 0 aromatic carbocycles. The van der Waals surface area contributed by atoms with E-state index in [2.05, 4.69) is 5.32 Å². The maximum atomic E-state index is 12.1. The van der Waals surface area contributed by atoms with Gasteiger partial charge in [0.05, 0.1) is 13.2 Å². The second-order valence-electron chi connectivity index (χ2n) is 4.74. The van der Waals surface area contributed by atoms with Crippen molar-refractivity contribution in [3.05, 3.63) is 17.9 Å². The SMILES string of the molecule is CC(C)NC(=O)C1COCCN1c1ccc(C=O)o1. The zero-order valence-corrected chi connectivity index (χ0v) is 11.1. The van der Waals surface area contributed by atoms with Crippen LogP contribution in [0.25, 0.3) is 0 Å². The maximum absolute atomic E-state index is 12.1. The number of aldehydes is 1. The molecular weight excluding hydrogens is 248 g/mol. The van der Waals surface area contributed by atoms with Crippen LogP contribution in [0.3, 0.4) is 0 Å². The molecule has 1 aromatic rings. The van der Waals surface area contributed by atoms with E-state index < -0.39 is 6.04 Å². The fourth-order valence-electron chi connectivity index (χ4n) is 2.03. The summed E-state index contributed by atoms with van der Waals surface area (Å²) in [4.78, 5) is 24.6. The first-order valence-electron chi connectivity index (χ1n) is 6.31. The molecule has 0 spiro atoms. The fourth-order valence-corrected chi connectivity index (χ4v) is 2.03. The molecule has 1 saturated heterocycles. The van der Waals surface area contributed by atoms with Crippen LogP contribution in [0.1, 0.15) is 24.4 Å². The first-order valence-corrected chi connectivity index (χ1v) is 6.31. The van der Waals surface area contributed by atoms with Crippen LogP contribution in [0, 0.1) is 0 Å². The standard InChI is InChI=1S/C13H18N2O4/c1-9(2)14-13(17)11-8-18-6-5-15(11)12-4-3-10(7-16)19-12/h3-4,7,9,11H,5-6,8H2,1-2H3,(H,14,17). The third-order valence-electron chi connectivity index (χ3n) is 2.87. The number of hydrogen-bond acceptors (Lipinski definition) is 5. The van der Waals surface area contributed by atoms with Gasteiger partial charge in [-0.1, -0.05) is 0 Å². The van der Waals surface area contributed by atoms with E-state index in [1.165, 1.54) is 0 Å². The molecule has 1 aliphatic rings. The molecule has 2 heterocycles. The lowest BCUT2D eigenvalue weighted by Gasteiger charge is -2.34. The van der Waals surface area contributed by atoms with E-state index in [9.17, 15) is 9.59 Å². The molecule has 1 unspecified atom stereocenters. The quantitative estimate of drug-likeness (QED) is 0.817. The van der Waals surface area contributed by atoms with Crippen LogP contribution in [0.15, 0.2) is 16.5 Å². The van der Waals surface area contributed by atoms with Gasteiger partial charge in [-0.05, 0) is 19.9 Å². The average Bonchev–Trinajstić information content (AvgIpc) is 2.86. The predicted octanol–water partition coefficient (Wildman–Crippen LogP) is 0.822. The summed E-state index contributed by atoms with van der Waals surface area (Å²) < 4.78 is 10.7. The Hall–Kier alpha value is -1.82. The van der Waals surface area contributed by atoms with Crippen molar-refractivity contribution < 1.29 is 18.7 Å². The van der Waals surface area contributed by atoms with Crippen LogP contribution >= 0.6 is 0 Å². The van der Waals surface area contributed by atoms with Gasteiger partial charge in [-0.2, -0.15) is 0 Å². The van der Waals surface area contributed by atoms with E-state index in [4.69, 9.17) is 9.15 Å². The third kappa shape index (κ3) is 3.14. The monoisotopic (exact) mass is 266 g/mol. The molecule has 19 heavy (non-hydrogen) atoms. The molecule has 2 rings (SSSR count). The topological polar surface area (TPSA) is 71.8 Å². The number of amides is 1. The van der Waals surface area contributed by atoms with Gasteiger partial charge in [-0.3, -0.25) is 9.59 Å². The van der Waals surface area contributed by atoms with Gasteiger partial charge >= 0.3 is 0 Å². The summed E-state index contributed by atoms with van der Waals surface area (Å²) in [7, 11) is 0. The van der Waals surface area contributed by atoms with E-state index in [1.54, 1.807) is 12.1 Å². The molecule has 1 aliphatic heterocycles. The van der Waals surface area contributed by atoms with E-state index in [1.807, 2.05) is 18.7 Å². The van der Waals surface area contributed by atoms with Gasteiger partial charge in [0.2, 0.25) is 5.91 Å². The van der Waals surface area contributed by atoms with Crippen LogP contribution < -0.4 is 10.2 Å². The first-order chi connectivity index (χ1) is 9.11. The van der Waals surface area contributed by atoms with Crippen LogP contribution in [-0.4, -0.2) is 44.0 Å². The number of nitrogens with zero attached hydrogens (tertiary/aromatic N) is 1. The van der Waals surface area contributed by atoms with Gasteiger partial charge in [0.25, 0.3) is 0 Å². The summed E-state index contributed by atoms with van der Waals surface area (Å²) in [5, 5.41) is 2.86. The number of anilines is 1. The van der Waals surface area contributed by atoms with Crippen molar-refractivity contribution in [3.8, 4) is 0 Å². The van der Waals surface area contributed by atoms with Crippen LogP contribution in [0.5, 0.6) is 0 Å². The zero-order valence-electron chi connectivity index (χ0n) is 11.1. The Morgan fingerprint density at radius 2 is 2.32 bits per heavy atom. The Labute approximate surface area is 111 Å². The number of carbonyl (C=O) groups is 2. The summed E-state index contributed by atoms with van der Waals surface area (Å²) in [6.07, 6.45) is 0.646. The summed E-state index contributed by atoms with van der Waals surface area (Å²) in [6, 6.07) is 2.93. The van der Waals surface area contributed by atoms with Crippen LogP contribution in [0.4, 0.5) is 5.88 Å². The number of nitrogens with one attached hydrogen (secondary N) is 1. The lowest BCUT2D eigenvalue weighted by molar-refractivity contribution is -0.125. The van der Waals surface area contributed by atoms with E-state index in [-0.39, 0.29) is 17.7 Å². The average molecular weight is 266 g/mol. The van der Waals surface area contributed by atoms with Crippen molar-refractivity contribution in [2.75, 3.05) is 24.7 Å². The Balaban J connectivity index is 2.15. The minimum Gasteiger partial charge on any atom is -0.438 e. The number of ether oxygens (including phenoxy) is 1. The summed E-state index contributed by atoms with van der Waals surface area (Å²) in [6.45, 7) is 5.22. The minimum absolute atomic E-state index is 0.0680. The smallest absolute Gasteiger partial charge is 0.245 e. The van der Waals surface area contributed by atoms with Crippen molar-refractivity contribution in [2.45, 2.75) is 25.9 Å². The Kier molecular flexibility index (Phi) is 4.21. The van der Waals surface area contributed by atoms with Crippen molar-refractivity contribution in [2.24, 2.45) is 0 Å². The third-order valence-corrected chi connectivity index (χ3v) is 2.87. The molecule has 0 aliphatic carbocycles. The lowest BCUT2D eigenvalue weighted by atomic mass is 10.2. The number of morpholine rings is 1. The molecule has 1 atom stereocenters. The summed E-state index contributed by atoms with van der Waals surface area (Å²) >= 11 is 0. The van der Waals surface area contributed by atoms with Crippen molar-refractivity contribution >= 4 is 18.1 Å². The number of rotatable bonds is 4. The molecule has 6 heteroatoms. The van der Waals surface area contributed by atoms with E-state index >= 15 is 0 Å². The zero-order chi connectivity index (χ0) is 13.8. The van der Waals surface area contributed by atoms with E-state index in [0.29, 0.717) is 31.9 Å². The minimum atomic E-state index is -0.429. The molecule has 1 N–H and O–H groups in total. The van der Waals surface area contributed by atoms with Crippen molar-refractivity contribution in [3.63, 3.8) is 0 Å². The second-order valence-corrected chi connectivity index (χ2v) is 4.74. The molecular formula is C13H18N2O4. The van der Waals surface area contributed by atoms with Gasteiger partial charge < -0.3 is 19.4 Å². The number of carbonyl (C=O) groups excluding carboxylic acids is 2. The molecule has 0 saturated carbocycles. The molecule has 104 valence electrons. The fraction of sp³-hybridized carbons (Fsp3) is 0.538. The molecule has 1 aromatic heterocycles. The van der Waals surface area contributed by atoms with E-state index in [0.717, 1.165) is 0 Å². The van der Waals surface area contributed by atoms with Gasteiger partial charge in [0.15, 0.2) is 17.9 Å². The summed E-state index contributed by atoms with van der Waals surface area (Å²) in [5.74, 6) is 0.678. The Morgan fingerprint density at radius 3 is 2.95 bits per heavy atom. The maximum Gasteiger partial charge on any atom is 0.245 e. The highest BCUT2D eigenvalue weighted by atomic mass is 16.5. The predicted molar refractivity (Wildman–Crippen MR) is 69.3 cm³/mol. The van der Waals surface area contributed by atoms with Gasteiger partial charge in [-0.15, -0.1) is 0 Å². The molecule has 0 bridgehead atoms. The Bertz CT molecular complexity index is 455. The Morgan fingerprint density at radius 1 is 1.53 bits per heavy atom. The molecule has 0 radical (unpaired) electrons. The van der Waals surface area contributed by atoms with Crippen LogP contribution in [-0.2, 0) is 9.53 Å². The van der Waals surface area contributed by atoms with Gasteiger partial charge in [0, 0.05) is 18.7 Å². The summed E-state index contributed by atoms with van der Waals surface area (Å²) in [5.41, 5.74) is 0. The van der Waals surface area contributed by atoms with Crippen molar-refractivity contribution in [1.29, 1.82) is 0 Å². The molecule has 1 amide bonds. The lowest BCUT2D eigenvalue weighted by Crippen LogP contribution is -2.55. The highest BCUT2D eigenvalue weighted by molar-refractivity contribution is 5.85. The largest absolute Gasteiger partial charge is 0.438 e. The normalized spacial score (nSPS) is 19.5. The first kappa shape index (κ1) is 13.6. The van der Waals surface area contributed by atoms with Gasteiger partial charge in [0.1, 0.15) is 6.04 Å².